The van der Waals surface area contributed by atoms with Crippen molar-refractivity contribution < 1.29 is 2.85 Å². The molecule has 2 aromatic heterocycles. The third-order valence-electron chi connectivity index (χ3n) is 4.03. The van der Waals surface area contributed by atoms with Gasteiger partial charge in [0, 0.05) is 31.2 Å². The molecule has 2 aromatic carbocycles. The second kappa shape index (κ2) is 12.0. The van der Waals surface area contributed by atoms with Crippen LogP contribution in [0.25, 0.3) is 21.8 Å². The standard InChI is InChI=1S/C11H13N.C9H9N.C3H8.C2H6.2H2/c1-3-9-4-5-10-8(2)7-12-11(10)6-9;1-7-6-8-4-2-3-5-9(8)10-7;1-3-2;1-2;;/h4-7,12H,3H2,1-2H3;2-6,10H,1H3;3H2,1-2H3;1-2H3;2*1H. The van der Waals surface area contributed by atoms with Crippen molar-refractivity contribution in [3.8, 4) is 0 Å². The van der Waals surface area contributed by atoms with Gasteiger partial charge in [-0.05, 0) is 55.0 Å². The Labute approximate surface area is 168 Å². The van der Waals surface area contributed by atoms with E-state index in [0.29, 0.717) is 0 Å². The molecule has 2 N–H and O–H groups in total. The van der Waals surface area contributed by atoms with Gasteiger partial charge < -0.3 is 9.97 Å². The molecule has 27 heavy (non-hydrogen) atoms. The number of para-hydroxylation sites is 1. The largest absolute Gasteiger partial charge is 0.361 e. The van der Waals surface area contributed by atoms with Gasteiger partial charge >= 0.3 is 0 Å². The third kappa shape index (κ3) is 6.63. The smallest absolute Gasteiger partial charge is 0.0459 e. The maximum Gasteiger partial charge on any atom is 0.0459 e. The highest BCUT2D eigenvalue weighted by molar-refractivity contribution is 5.83. The van der Waals surface area contributed by atoms with Crippen molar-refractivity contribution in [1.82, 2.24) is 9.97 Å². The minimum absolute atomic E-state index is 0. The number of aromatic amines is 2. The van der Waals surface area contributed by atoms with E-state index >= 15 is 0 Å². The van der Waals surface area contributed by atoms with Gasteiger partial charge in [-0.1, -0.05) is 71.4 Å². The second-order valence-corrected chi connectivity index (χ2v) is 6.45. The van der Waals surface area contributed by atoms with E-state index in [1.54, 1.807) is 0 Å². The molecule has 0 bridgehead atoms. The monoisotopic (exact) mass is 368 g/mol. The zero-order valence-electron chi connectivity index (χ0n) is 18.1. The number of aromatic nitrogens is 2. The van der Waals surface area contributed by atoms with E-state index in [0.717, 1.165) is 6.42 Å². The minimum atomic E-state index is 0. The fourth-order valence-corrected chi connectivity index (χ4v) is 2.76. The van der Waals surface area contributed by atoms with E-state index in [2.05, 4.69) is 93.2 Å². The van der Waals surface area contributed by atoms with Gasteiger partial charge in [0.05, 0.1) is 0 Å². The predicted octanol–water partition coefficient (Wildman–Crippen LogP) is 8.45. The summed E-state index contributed by atoms with van der Waals surface area (Å²) >= 11 is 0. The van der Waals surface area contributed by atoms with Crippen molar-refractivity contribution in [2.75, 3.05) is 0 Å². The van der Waals surface area contributed by atoms with Crippen LogP contribution in [0.1, 0.15) is 60.7 Å². The Balaban J connectivity index is 0. The number of fused-ring (bicyclic) bond motifs is 2. The lowest BCUT2D eigenvalue weighted by Crippen LogP contribution is -1.78. The van der Waals surface area contributed by atoms with Crippen molar-refractivity contribution in [2.45, 2.75) is 61.3 Å². The van der Waals surface area contributed by atoms with Crippen LogP contribution in [-0.4, -0.2) is 9.97 Å². The molecule has 0 aliphatic heterocycles. The Morgan fingerprint density at radius 1 is 0.852 bits per heavy atom. The highest BCUT2D eigenvalue weighted by atomic mass is 14.7. The number of nitrogens with one attached hydrogen (secondary N) is 2. The highest BCUT2D eigenvalue weighted by Gasteiger charge is 1.98. The molecule has 0 saturated heterocycles. The number of hydrogen-bond donors (Lipinski definition) is 2. The van der Waals surface area contributed by atoms with E-state index in [-0.39, 0.29) is 2.85 Å². The molecule has 0 radical (unpaired) electrons. The molecule has 2 heterocycles. The first-order valence-corrected chi connectivity index (χ1v) is 10.2. The van der Waals surface area contributed by atoms with Crippen LogP contribution in [0.2, 0.25) is 0 Å². The normalized spacial score (nSPS) is 9.59. The third-order valence-corrected chi connectivity index (χ3v) is 4.03. The first-order valence-electron chi connectivity index (χ1n) is 10.2. The summed E-state index contributed by atoms with van der Waals surface area (Å²) in [5, 5.41) is 2.63. The van der Waals surface area contributed by atoms with Gasteiger partial charge in [-0.25, -0.2) is 0 Å². The molecule has 2 heteroatoms. The highest BCUT2D eigenvalue weighted by Crippen LogP contribution is 2.18. The van der Waals surface area contributed by atoms with Crippen LogP contribution < -0.4 is 0 Å². The summed E-state index contributed by atoms with van der Waals surface area (Å²) < 4.78 is 0. The molecular weight excluding hydrogens is 328 g/mol. The van der Waals surface area contributed by atoms with E-state index < -0.39 is 0 Å². The van der Waals surface area contributed by atoms with Gasteiger partial charge in [-0.2, -0.15) is 0 Å². The fourth-order valence-electron chi connectivity index (χ4n) is 2.76. The minimum Gasteiger partial charge on any atom is -0.361 e. The molecule has 0 aliphatic carbocycles. The Morgan fingerprint density at radius 2 is 1.52 bits per heavy atom. The topological polar surface area (TPSA) is 31.6 Å². The lowest BCUT2D eigenvalue weighted by molar-refractivity contribution is 1.09. The van der Waals surface area contributed by atoms with Crippen molar-refractivity contribution in [3.05, 3.63) is 71.5 Å². The number of benzene rings is 2. The molecule has 0 aliphatic rings. The predicted molar refractivity (Wildman–Crippen MR) is 127 cm³/mol. The molecule has 0 atom stereocenters. The SMILES string of the molecule is CC.CCC.CCc1ccc2c(C)c[nH]c2c1.Cc1cc2ccccc2[nH]1.[HH].[HH]. The number of H-pyrrole nitrogens is 2. The zero-order chi connectivity index (χ0) is 20.2. The van der Waals surface area contributed by atoms with Crippen LogP contribution in [0.4, 0.5) is 0 Å². The quantitative estimate of drug-likeness (QED) is 0.338. The molecule has 4 rings (SSSR count). The molecule has 0 spiro atoms. The summed E-state index contributed by atoms with van der Waals surface area (Å²) in [6.07, 6.45) is 4.41. The van der Waals surface area contributed by atoms with E-state index in [1.807, 2.05) is 19.9 Å². The van der Waals surface area contributed by atoms with Crippen LogP contribution in [0.5, 0.6) is 0 Å². The van der Waals surface area contributed by atoms with E-state index in [4.69, 9.17) is 0 Å². The van der Waals surface area contributed by atoms with Gasteiger partial charge in [0.25, 0.3) is 0 Å². The Morgan fingerprint density at radius 3 is 2.15 bits per heavy atom. The average Bonchev–Trinajstić information content (AvgIpc) is 3.26. The van der Waals surface area contributed by atoms with Crippen LogP contribution in [0.15, 0.2) is 54.7 Å². The molecule has 0 saturated carbocycles. The van der Waals surface area contributed by atoms with Crippen LogP contribution >= 0.6 is 0 Å². The average molecular weight is 369 g/mol. The maximum atomic E-state index is 3.26. The summed E-state index contributed by atoms with van der Waals surface area (Å²) in [6, 6.07) is 17.1. The first-order chi connectivity index (χ1) is 13.1. The summed E-state index contributed by atoms with van der Waals surface area (Å²) in [7, 11) is 0. The number of rotatable bonds is 1. The van der Waals surface area contributed by atoms with Gasteiger partial charge in [0.15, 0.2) is 0 Å². The van der Waals surface area contributed by atoms with Crippen LogP contribution in [-0.2, 0) is 6.42 Å². The zero-order valence-corrected chi connectivity index (χ0v) is 18.1. The Kier molecular flexibility index (Phi) is 10.0. The molecule has 2 nitrogen and oxygen atoms in total. The van der Waals surface area contributed by atoms with Gasteiger partial charge in [-0.3, -0.25) is 0 Å². The fraction of sp³-hybridized carbons (Fsp3) is 0.360. The van der Waals surface area contributed by atoms with Crippen molar-refractivity contribution >= 4 is 21.8 Å². The van der Waals surface area contributed by atoms with Gasteiger partial charge in [0.1, 0.15) is 0 Å². The first kappa shape index (κ1) is 22.6. The summed E-state index contributed by atoms with van der Waals surface area (Å²) in [4.78, 5) is 6.52. The Hall–Kier alpha value is -2.48. The van der Waals surface area contributed by atoms with Gasteiger partial charge in [-0.15, -0.1) is 0 Å². The van der Waals surface area contributed by atoms with E-state index in [9.17, 15) is 0 Å². The molecule has 0 unspecified atom stereocenters. The molecule has 0 amide bonds. The Bertz CT molecular complexity index is 890. The van der Waals surface area contributed by atoms with Crippen molar-refractivity contribution in [2.24, 2.45) is 0 Å². The number of aryl methyl sites for hydroxylation is 3. The van der Waals surface area contributed by atoms with Crippen molar-refractivity contribution in [3.63, 3.8) is 0 Å². The summed E-state index contributed by atoms with van der Waals surface area (Å²) in [5.41, 5.74) is 6.42. The number of hydrogen-bond acceptors (Lipinski definition) is 0. The second-order valence-electron chi connectivity index (χ2n) is 6.45. The lowest BCUT2D eigenvalue weighted by Gasteiger charge is -1.96. The summed E-state index contributed by atoms with van der Waals surface area (Å²) in [5.74, 6) is 0. The molecule has 0 fully saturated rings. The molecule has 4 aromatic rings. The van der Waals surface area contributed by atoms with Gasteiger partial charge in [0.2, 0.25) is 0 Å². The van der Waals surface area contributed by atoms with Crippen LogP contribution in [0, 0.1) is 13.8 Å². The van der Waals surface area contributed by atoms with Crippen molar-refractivity contribution in [1.29, 1.82) is 0 Å². The van der Waals surface area contributed by atoms with Crippen LogP contribution in [0.3, 0.4) is 0 Å². The maximum absolute atomic E-state index is 3.26. The molecule has 150 valence electrons. The summed E-state index contributed by atoms with van der Waals surface area (Å²) in [6.45, 7) is 14.6. The lowest BCUT2D eigenvalue weighted by atomic mass is 10.1. The van der Waals surface area contributed by atoms with E-state index in [1.165, 1.54) is 45.0 Å². The molecular formula is C25H40N2.